The molecular weight excluding hydrogens is 116 g/mol. The van der Waals surface area contributed by atoms with Crippen molar-refractivity contribution in [1.29, 1.82) is 0 Å². The lowest BCUT2D eigenvalue weighted by atomic mass is 10.8. The van der Waals surface area contributed by atoms with Gasteiger partial charge in [-0.25, -0.2) is 0 Å². The first-order valence-electron chi connectivity index (χ1n) is 1.62. The second kappa shape index (κ2) is 3.57. The Morgan fingerprint density at radius 2 is 2.33 bits per heavy atom. The Morgan fingerprint density at radius 3 is 2.33 bits per heavy atom. The third-order valence-electron chi connectivity index (χ3n) is 0.476. The van der Waals surface area contributed by atoms with E-state index in [2.05, 4.69) is 0 Å². The molecule has 2 heteroatoms. The van der Waals surface area contributed by atoms with E-state index < -0.39 is 0 Å². The standard InChI is InChI=1S/C4H7ClS/c1-4(3-5)6-2/h3H,1-2H3/b4-3+. The van der Waals surface area contributed by atoms with Crippen LogP contribution in [0.2, 0.25) is 0 Å². The molecule has 0 unspecified atom stereocenters. The van der Waals surface area contributed by atoms with Gasteiger partial charge in [-0.1, -0.05) is 11.6 Å². The zero-order valence-electron chi connectivity index (χ0n) is 3.86. The minimum absolute atomic E-state index is 1.15. The van der Waals surface area contributed by atoms with Gasteiger partial charge in [0, 0.05) is 5.54 Å². The van der Waals surface area contributed by atoms with Crippen molar-refractivity contribution in [3.8, 4) is 0 Å². The number of halogens is 1. The smallest absolute Gasteiger partial charge is 0.0135 e. The lowest BCUT2D eigenvalue weighted by Gasteiger charge is -1.83. The van der Waals surface area contributed by atoms with Crippen molar-refractivity contribution in [3.05, 3.63) is 10.4 Å². The normalized spacial score (nSPS) is 12.2. The highest BCUT2D eigenvalue weighted by Crippen LogP contribution is 2.09. The highest BCUT2D eigenvalue weighted by atomic mass is 35.5. The number of hydrogen-bond acceptors (Lipinski definition) is 1. The van der Waals surface area contributed by atoms with Crippen LogP contribution < -0.4 is 0 Å². The van der Waals surface area contributed by atoms with Crippen LogP contribution in [-0.2, 0) is 0 Å². The van der Waals surface area contributed by atoms with Crippen molar-refractivity contribution in [1.82, 2.24) is 0 Å². The van der Waals surface area contributed by atoms with Gasteiger partial charge in [-0.15, -0.1) is 11.8 Å². The van der Waals surface area contributed by atoms with E-state index in [9.17, 15) is 0 Å². The molecule has 0 N–H and O–H groups in total. The van der Waals surface area contributed by atoms with Crippen LogP contribution in [-0.4, -0.2) is 6.26 Å². The predicted octanol–water partition coefficient (Wildman–Crippen LogP) is 2.45. The first kappa shape index (κ1) is 6.38. The Hall–Kier alpha value is 0.380. The summed E-state index contributed by atoms with van der Waals surface area (Å²) in [4.78, 5) is 1.15. The molecule has 0 nitrogen and oxygen atoms in total. The molecule has 0 aromatic rings. The maximum absolute atomic E-state index is 5.27. The van der Waals surface area contributed by atoms with Crippen LogP contribution in [0.4, 0.5) is 0 Å². The van der Waals surface area contributed by atoms with E-state index in [4.69, 9.17) is 11.6 Å². The van der Waals surface area contributed by atoms with Crippen molar-refractivity contribution < 1.29 is 0 Å². The quantitative estimate of drug-likeness (QED) is 0.515. The molecule has 0 aliphatic rings. The van der Waals surface area contributed by atoms with E-state index in [0.29, 0.717) is 0 Å². The van der Waals surface area contributed by atoms with Gasteiger partial charge in [0.15, 0.2) is 0 Å². The van der Waals surface area contributed by atoms with Gasteiger partial charge in [-0.3, -0.25) is 0 Å². The third kappa shape index (κ3) is 2.61. The van der Waals surface area contributed by atoms with Crippen molar-refractivity contribution in [2.45, 2.75) is 6.92 Å². The van der Waals surface area contributed by atoms with Gasteiger partial charge in [-0.05, 0) is 18.1 Å². The monoisotopic (exact) mass is 122 g/mol. The number of rotatable bonds is 1. The zero-order valence-corrected chi connectivity index (χ0v) is 5.44. The van der Waals surface area contributed by atoms with Crippen LogP contribution >= 0.6 is 23.4 Å². The average molecular weight is 123 g/mol. The number of hydrogen-bond donors (Lipinski definition) is 0. The van der Waals surface area contributed by atoms with Gasteiger partial charge in [0.2, 0.25) is 0 Å². The van der Waals surface area contributed by atoms with Crippen LogP contribution in [0.25, 0.3) is 0 Å². The van der Waals surface area contributed by atoms with Crippen LogP contribution in [0, 0.1) is 0 Å². The highest BCUT2D eigenvalue weighted by molar-refractivity contribution is 8.02. The van der Waals surface area contributed by atoms with Crippen molar-refractivity contribution in [2.24, 2.45) is 0 Å². The summed E-state index contributed by atoms with van der Waals surface area (Å²) in [5.41, 5.74) is 1.57. The van der Waals surface area contributed by atoms with Crippen LogP contribution in [0.15, 0.2) is 10.4 Å². The van der Waals surface area contributed by atoms with E-state index in [-0.39, 0.29) is 0 Å². The van der Waals surface area contributed by atoms with Gasteiger partial charge in [0.05, 0.1) is 0 Å². The predicted molar refractivity (Wildman–Crippen MR) is 33.1 cm³/mol. The molecule has 6 heavy (non-hydrogen) atoms. The maximum atomic E-state index is 5.27. The van der Waals surface area contributed by atoms with Gasteiger partial charge in [0.25, 0.3) is 0 Å². The molecule has 0 aromatic carbocycles. The van der Waals surface area contributed by atoms with Gasteiger partial charge in [-0.2, -0.15) is 0 Å². The summed E-state index contributed by atoms with van der Waals surface area (Å²) in [6.45, 7) is 1.97. The minimum atomic E-state index is 1.15. The molecule has 0 aliphatic heterocycles. The largest absolute Gasteiger partial charge is 0.133 e. The Balaban J connectivity index is 3.22. The summed E-state index contributed by atoms with van der Waals surface area (Å²) >= 11 is 6.92. The average Bonchev–Trinajstić information content (AvgIpc) is 1.65. The Kier molecular flexibility index (Phi) is 3.79. The van der Waals surface area contributed by atoms with Crippen molar-refractivity contribution in [2.75, 3.05) is 6.26 Å². The SMILES string of the molecule is CS/C(C)=C/Cl. The Labute approximate surface area is 47.6 Å². The second-order valence-corrected chi connectivity index (χ2v) is 2.19. The van der Waals surface area contributed by atoms with Gasteiger partial charge >= 0.3 is 0 Å². The molecule has 0 heterocycles. The summed E-state index contributed by atoms with van der Waals surface area (Å²) in [6.07, 6.45) is 1.99. The molecule has 0 amide bonds. The molecule has 0 radical (unpaired) electrons. The molecule has 0 aromatic heterocycles. The summed E-state index contributed by atoms with van der Waals surface area (Å²) in [5, 5.41) is 0. The molecule has 0 fully saturated rings. The molecule has 0 saturated carbocycles. The summed E-state index contributed by atoms with van der Waals surface area (Å²) in [5.74, 6) is 0. The third-order valence-corrected chi connectivity index (χ3v) is 1.69. The molecule has 36 valence electrons. The topological polar surface area (TPSA) is 0 Å². The van der Waals surface area contributed by atoms with Crippen molar-refractivity contribution >= 4 is 23.4 Å². The fourth-order valence-electron chi connectivity index (χ4n) is 0.0445. The molecule has 0 atom stereocenters. The van der Waals surface area contributed by atoms with Gasteiger partial charge < -0.3 is 0 Å². The molecule has 0 bridgehead atoms. The van der Waals surface area contributed by atoms with E-state index in [1.165, 1.54) is 0 Å². The first-order chi connectivity index (χ1) is 2.81. The van der Waals surface area contributed by atoms with E-state index in [0.717, 1.165) is 4.91 Å². The first-order valence-corrected chi connectivity index (χ1v) is 3.28. The zero-order chi connectivity index (χ0) is 4.99. The van der Waals surface area contributed by atoms with Crippen molar-refractivity contribution in [3.63, 3.8) is 0 Å². The number of allylic oxidation sites excluding steroid dienone is 1. The van der Waals surface area contributed by atoms with E-state index >= 15 is 0 Å². The lowest BCUT2D eigenvalue weighted by Crippen LogP contribution is -1.54. The van der Waals surface area contributed by atoms with Crippen LogP contribution in [0.5, 0.6) is 0 Å². The molecule has 0 aliphatic carbocycles. The molecular formula is C4H7ClS. The van der Waals surface area contributed by atoms with Crippen LogP contribution in [0.3, 0.4) is 0 Å². The second-order valence-electron chi connectivity index (χ2n) is 0.924. The summed E-state index contributed by atoms with van der Waals surface area (Å²) in [7, 11) is 0. The number of thioether (sulfide) groups is 1. The van der Waals surface area contributed by atoms with Crippen LogP contribution in [0.1, 0.15) is 6.92 Å². The Bertz CT molecular complexity index is 58.6. The fraction of sp³-hybridized carbons (Fsp3) is 0.500. The maximum Gasteiger partial charge on any atom is 0.0135 e. The van der Waals surface area contributed by atoms with Gasteiger partial charge in [0.1, 0.15) is 0 Å². The summed E-state index contributed by atoms with van der Waals surface area (Å²) in [6, 6.07) is 0. The molecule has 0 saturated heterocycles. The summed E-state index contributed by atoms with van der Waals surface area (Å²) < 4.78 is 0. The Morgan fingerprint density at radius 1 is 1.83 bits per heavy atom. The minimum Gasteiger partial charge on any atom is -0.133 e. The van der Waals surface area contributed by atoms with E-state index in [1.807, 2.05) is 13.2 Å². The highest BCUT2D eigenvalue weighted by Gasteiger charge is 1.75. The molecule has 0 spiro atoms. The molecule has 0 rings (SSSR count). The fourth-order valence-corrected chi connectivity index (χ4v) is 0.401. The lowest BCUT2D eigenvalue weighted by molar-refractivity contribution is 1.72. The van der Waals surface area contributed by atoms with E-state index in [1.54, 1.807) is 17.3 Å².